The van der Waals surface area contributed by atoms with Crippen LogP contribution in [0.1, 0.15) is 11.1 Å². The summed E-state index contributed by atoms with van der Waals surface area (Å²) >= 11 is 0. The Balaban J connectivity index is 2.59. The van der Waals surface area contributed by atoms with E-state index in [1.807, 2.05) is 6.07 Å². The maximum atomic E-state index is 13.2. The molecule has 2 aromatic rings. The van der Waals surface area contributed by atoms with Crippen LogP contribution in [0, 0.1) is 17.1 Å². The van der Waals surface area contributed by atoms with Gasteiger partial charge in [0.1, 0.15) is 5.82 Å². The third-order valence-electron chi connectivity index (χ3n) is 2.52. The van der Waals surface area contributed by atoms with Crippen LogP contribution in [0.3, 0.4) is 0 Å². The molecular formula is C14H10FNO. The average Bonchev–Trinajstić information content (AvgIpc) is 2.39. The summed E-state index contributed by atoms with van der Waals surface area (Å²) in [6.07, 6.45) is 0. The molecule has 2 nitrogen and oxygen atoms in total. The van der Waals surface area contributed by atoms with Gasteiger partial charge in [0.25, 0.3) is 0 Å². The Kier molecular flexibility index (Phi) is 3.17. The fraction of sp³-hybridized carbons (Fsp3) is 0.0714. The summed E-state index contributed by atoms with van der Waals surface area (Å²) in [6.45, 7) is -0.0783. The highest BCUT2D eigenvalue weighted by Crippen LogP contribution is 2.25. The van der Waals surface area contributed by atoms with Gasteiger partial charge in [-0.25, -0.2) is 4.39 Å². The van der Waals surface area contributed by atoms with Crippen LogP contribution in [0.15, 0.2) is 42.5 Å². The topological polar surface area (TPSA) is 44.0 Å². The molecule has 0 bridgehead atoms. The van der Waals surface area contributed by atoms with E-state index in [-0.39, 0.29) is 12.4 Å². The summed E-state index contributed by atoms with van der Waals surface area (Å²) in [6, 6.07) is 13.2. The van der Waals surface area contributed by atoms with Gasteiger partial charge in [-0.3, -0.25) is 0 Å². The predicted molar refractivity (Wildman–Crippen MR) is 62.5 cm³/mol. The largest absolute Gasteiger partial charge is 0.392 e. The summed E-state index contributed by atoms with van der Waals surface area (Å²) in [5, 5.41) is 18.0. The maximum Gasteiger partial charge on any atom is 0.123 e. The zero-order valence-electron chi connectivity index (χ0n) is 9.02. The molecule has 0 heterocycles. The molecule has 2 rings (SSSR count). The number of nitrogens with zero attached hydrogens (tertiary/aromatic N) is 1. The van der Waals surface area contributed by atoms with Crippen molar-refractivity contribution < 1.29 is 9.50 Å². The number of benzene rings is 2. The van der Waals surface area contributed by atoms with Gasteiger partial charge in [-0.2, -0.15) is 5.26 Å². The molecule has 3 heteroatoms. The molecule has 0 unspecified atom stereocenters. The molecule has 0 fully saturated rings. The van der Waals surface area contributed by atoms with Crippen molar-refractivity contribution in [3.63, 3.8) is 0 Å². The molecule has 84 valence electrons. The van der Waals surface area contributed by atoms with E-state index >= 15 is 0 Å². The first kappa shape index (κ1) is 11.3. The maximum absolute atomic E-state index is 13.2. The predicted octanol–water partition coefficient (Wildman–Crippen LogP) is 2.86. The number of halogens is 1. The summed E-state index contributed by atoms with van der Waals surface area (Å²) in [5.41, 5.74) is 2.42. The van der Waals surface area contributed by atoms with Gasteiger partial charge in [-0.1, -0.05) is 18.2 Å². The smallest absolute Gasteiger partial charge is 0.123 e. The molecule has 0 aliphatic rings. The van der Waals surface area contributed by atoms with Gasteiger partial charge < -0.3 is 5.11 Å². The molecule has 1 N–H and O–H groups in total. The van der Waals surface area contributed by atoms with E-state index in [4.69, 9.17) is 10.4 Å². The van der Waals surface area contributed by atoms with Crippen LogP contribution in [0.25, 0.3) is 11.1 Å². The van der Waals surface area contributed by atoms with Crippen LogP contribution < -0.4 is 0 Å². The lowest BCUT2D eigenvalue weighted by Gasteiger charge is -2.06. The monoisotopic (exact) mass is 227 g/mol. The third-order valence-corrected chi connectivity index (χ3v) is 2.52. The summed E-state index contributed by atoms with van der Waals surface area (Å²) < 4.78 is 13.2. The summed E-state index contributed by atoms with van der Waals surface area (Å²) in [5.74, 6) is -0.381. The fourth-order valence-corrected chi connectivity index (χ4v) is 1.69. The number of hydrogen-bond donors (Lipinski definition) is 1. The molecule has 0 atom stereocenters. The van der Waals surface area contributed by atoms with Crippen molar-refractivity contribution in [3.05, 3.63) is 59.4 Å². The second-order valence-corrected chi connectivity index (χ2v) is 3.66. The van der Waals surface area contributed by atoms with E-state index in [0.717, 1.165) is 11.1 Å². The van der Waals surface area contributed by atoms with Crippen molar-refractivity contribution in [2.75, 3.05) is 0 Å². The summed E-state index contributed by atoms with van der Waals surface area (Å²) in [7, 11) is 0. The molecule has 0 aromatic heterocycles. The van der Waals surface area contributed by atoms with Crippen molar-refractivity contribution in [1.29, 1.82) is 5.26 Å². The Morgan fingerprint density at radius 2 is 2.00 bits per heavy atom. The second kappa shape index (κ2) is 4.77. The van der Waals surface area contributed by atoms with Gasteiger partial charge in [0.2, 0.25) is 0 Å². The number of rotatable bonds is 2. The minimum atomic E-state index is -0.381. The van der Waals surface area contributed by atoms with Crippen molar-refractivity contribution in [3.8, 4) is 17.2 Å². The lowest BCUT2D eigenvalue weighted by molar-refractivity contribution is 0.282. The van der Waals surface area contributed by atoms with Crippen molar-refractivity contribution in [2.24, 2.45) is 0 Å². The molecule has 0 saturated carbocycles. The normalized spacial score (nSPS) is 9.94. The first-order valence-corrected chi connectivity index (χ1v) is 5.14. The van der Waals surface area contributed by atoms with Gasteiger partial charge in [0, 0.05) is 5.56 Å². The standard InChI is InChI=1S/C14H10FNO/c15-13-5-4-12(8-16)14(7-13)11-3-1-2-10(6-11)9-17/h1-7,17H,9H2. The van der Waals surface area contributed by atoms with Gasteiger partial charge in [0.05, 0.1) is 18.2 Å². The Hall–Kier alpha value is -2.18. The highest BCUT2D eigenvalue weighted by Gasteiger charge is 2.06. The zero-order valence-corrected chi connectivity index (χ0v) is 9.02. The van der Waals surface area contributed by atoms with Gasteiger partial charge in [-0.15, -0.1) is 0 Å². The van der Waals surface area contributed by atoms with Crippen LogP contribution in [0.4, 0.5) is 4.39 Å². The third kappa shape index (κ3) is 2.32. The molecule has 0 aliphatic carbocycles. The minimum absolute atomic E-state index is 0.0783. The van der Waals surface area contributed by atoms with E-state index in [1.54, 1.807) is 24.3 Å². The van der Waals surface area contributed by atoms with Crippen LogP contribution in [-0.2, 0) is 6.61 Å². The first-order valence-electron chi connectivity index (χ1n) is 5.14. The number of aliphatic hydroxyl groups excluding tert-OH is 1. The molecule has 0 saturated heterocycles. The first-order chi connectivity index (χ1) is 8.24. The number of nitriles is 1. The van der Waals surface area contributed by atoms with E-state index in [9.17, 15) is 4.39 Å². The Morgan fingerprint density at radius 1 is 1.18 bits per heavy atom. The SMILES string of the molecule is N#Cc1ccc(F)cc1-c1cccc(CO)c1. The molecular weight excluding hydrogens is 217 g/mol. The van der Waals surface area contributed by atoms with E-state index in [0.29, 0.717) is 11.1 Å². The minimum Gasteiger partial charge on any atom is -0.392 e. The van der Waals surface area contributed by atoms with Crippen LogP contribution in [0.5, 0.6) is 0 Å². The van der Waals surface area contributed by atoms with Gasteiger partial charge in [0.15, 0.2) is 0 Å². The molecule has 0 radical (unpaired) electrons. The number of aliphatic hydroxyl groups is 1. The Morgan fingerprint density at radius 3 is 2.71 bits per heavy atom. The van der Waals surface area contributed by atoms with Crippen molar-refractivity contribution in [1.82, 2.24) is 0 Å². The molecule has 0 amide bonds. The average molecular weight is 227 g/mol. The molecule has 2 aromatic carbocycles. The summed E-state index contributed by atoms with van der Waals surface area (Å²) in [4.78, 5) is 0. The molecule has 0 aliphatic heterocycles. The molecule has 0 spiro atoms. The highest BCUT2D eigenvalue weighted by molar-refractivity contribution is 5.70. The van der Waals surface area contributed by atoms with E-state index in [2.05, 4.69) is 0 Å². The second-order valence-electron chi connectivity index (χ2n) is 3.66. The lowest BCUT2D eigenvalue weighted by atomic mass is 9.99. The fourth-order valence-electron chi connectivity index (χ4n) is 1.69. The van der Waals surface area contributed by atoms with Crippen LogP contribution in [-0.4, -0.2) is 5.11 Å². The van der Waals surface area contributed by atoms with Crippen molar-refractivity contribution >= 4 is 0 Å². The van der Waals surface area contributed by atoms with Gasteiger partial charge in [-0.05, 0) is 35.4 Å². The van der Waals surface area contributed by atoms with E-state index in [1.165, 1.54) is 18.2 Å². The van der Waals surface area contributed by atoms with Crippen molar-refractivity contribution in [2.45, 2.75) is 6.61 Å². The van der Waals surface area contributed by atoms with Gasteiger partial charge >= 0.3 is 0 Å². The highest BCUT2D eigenvalue weighted by atomic mass is 19.1. The Bertz CT molecular complexity index is 587. The quantitative estimate of drug-likeness (QED) is 0.857. The number of hydrogen-bond acceptors (Lipinski definition) is 2. The van der Waals surface area contributed by atoms with E-state index < -0.39 is 0 Å². The molecule has 17 heavy (non-hydrogen) atoms. The lowest BCUT2D eigenvalue weighted by Crippen LogP contribution is -1.89. The zero-order chi connectivity index (χ0) is 12.3. The van der Waals surface area contributed by atoms with Crippen LogP contribution >= 0.6 is 0 Å². The van der Waals surface area contributed by atoms with Crippen LogP contribution in [0.2, 0.25) is 0 Å². The Labute approximate surface area is 98.6 Å².